The summed E-state index contributed by atoms with van der Waals surface area (Å²) in [5.74, 6) is 4.35. The number of hydrogen-bond donors (Lipinski definition) is 2. The molecule has 114 valence electrons. The predicted molar refractivity (Wildman–Crippen MR) is 91.3 cm³/mol. The molecular weight excluding hydrogens is 274 g/mol. The minimum absolute atomic E-state index is 0.165. The number of hydrogen-bond acceptors (Lipinski definition) is 3. The topological polar surface area (TPSA) is 29.1 Å². The molecule has 1 amide bonds. The zero-order valence-electron chi connectivity index (χ0n) is 12.9. The molecule has 0 aliphatic carbocycles. The number of thioether (sulfide) groups is 1. The van der Waals surface area contributed by atoms with Gasteiger partial charge < -0.3 is 5.32 Å². The molecule has 19 heavy (non-hydrogen) atoms. The lowest BCUT2D eigenvalue weighted by Crippen LogP contribution is -2.41. The Morgan fingerprint density at radius 3 is 2.42 bits per heavy atom. The van der Waals surface area contributed by atoms with Crippen molar-refractivity contribution in [2.45, 2.75) is 59.4 Å². The summed E-state index contributed by atoms with van der Waals surface area (Å²) in [6.07, 6.45) is 4.85. The molecule has 0 aromatic heterocycles. The van der Waals surface area contributed by atoms with Crippen LogP contribution in [0, 0.1) is 11.8 Å². The first-order chi connectivity index (χ1) is 9.06. The van der Waals surface area contributed by atoms with Gasteiger partial charge in [-0.2, -0.15) is 24.4 Å². The average molecular weight is 306 g/mol. The SMILES string of the molecule is CCC(C)C(=O)NC1CSCC1C.CCCCCS. The number of unbranched alkanes of at least 4 members (excludes halogenated alkanes) is 2. The van der Waals surface area contributed by atoms with Crippen LogP contribution in [0.5, 0.6) is 0 Å². The summed E-state index contributed by atoms with van der Waals surface area (Å²) in [6.45, 7) is 8.45. The highest BCUT2D eigenvalue weighted by Crippen LogP contribution is 2.23. The molecule has 0 bridgehead atoms. The van der Waals surface area contributed by atoms with Gasteiger partial charge in [0, 0.05) is 17.7 Å². The first-order valence-electron chi connectivity index (χ1n) is 7.55. The van der Waals surface area contributed by atoms with Crippen LogP contribution in [0.2, 0.25) is 0 Å². The van der Waals surface area contributed by atoms with Crippen LogP contribution in [-0.2, 0) is 4.79 Å². The maximum Gasteiger partial charge on any atom is 0.223 e. The molecule has 0 saturated carbocycles. The Morgan fingerprint density at radius 2 is 2.05 bits per heavy atom. The molecule has 2 nitrogen and oxygen atoms in total. The van der Waals surface area contributed by atoms with E-state index in [0.717, 1.165) is 17.9 Å². The van der Waals surface area contributed by atoms with Gasteiger partial charge >= 0.3 is 0 Å². The molecule has 4 heteroatoms. The van der Waals surface area contributed by atoms with Gasteiger partial charge in [-0.1, -0.05) is 40.5 Å². The standard InChI is InChI=1S/C10H19NOS.C5H12S/c1-4-7(2)10(12)11-9-6-13-5-8(9)3;1-2-3-4-5-6/h7-9H,4-6H2,1-3H3,(H,11,12);6H,2-5H2,1H3. The lowest BCUT2D eigenvalue weighted by atomic mass is 10.0. The summed E-state index contributed by atoms with van der Waals surface area (Å²) in [5, 5.41) is 3.12. The maximum atomic E-state index is 11.6. The van der Waals surface area contributed by atoms with E-state index < -0.39 is 0 Å². The van der Waals surface area contributed by atoms with Crippen molar-refractivity contribution in [3.05, 3.63) is 0 Å². The highest BCUT2D eigenvalue weighted by molar-refractivity contribution is 7.99. The Labute approximate surface area is 129 Å². The quantitative estimate of drug-likeness (QED) is 0.573. The lowest BCUT2D eigenvalue weighted by molar-refractivity contribution is -0.125. The molecule has 1 N–H and O–H groups in total. The van der Waals surface area contributed by atoms with E-state index in [1.165, 1.54) is 25.0 Å². The van der Waals surface area contributed by atoms with E-state index in [1.54, 1.807) is 0 Å². The summed E-state index contributed by atoms with van der Waals surface area (Å²) < 4.78 is 0. The van der Waals surface area contributed by atoms with Gasteiger partial charge in [0.25, 0.3) is 0 Å². The number of nitrogens with one attached hydrogen (secondary N) is 1. The van der Waals surface area contributed by atoms with E-state index in [9.17, 15) is 4.79 Å². The van der Waals surface area contributed by atoms with Gasteiger partial charge in [-0.15, -0.1) is 0 Å². The van der Waals surface area contributed by atoms with Crippen molar-refractivity contribution in [3.8, 4) is 0 Å². The fourth-order valence-electron chi connectivity index (χ4n) is 1.72. The third kappa shape index (κ3) is 8.85. The van der Waals surface area contributed by atoms with Crippen LogP contribution in [0.1, 0.15) is 53.4 Å². The summed E-state index contributed by atoms with van der Waals surface area (Å²) in [7, 11) is 0. The molecule has 0 aromatic rings. The van der Waals surface area contributed by atoms with E-state index in [0.29, 0.717) is 12.0 Å². The van der Waals surface area contributed by atoms with Crippen LogP contribution in [0.15, 0.2) is 0 Å². The fraction of sp³-hybridized carbons (Fsp3) is 0.933. The van der Waals surface area contributed by atoms with Crippen molar-refractivity contribution in [2.75, 3.05) is 17.3 Å². The van der Waals surface area contributed by atoms with Gasteiger partial charge in [0.1, 0.15) is 0 Å². The maximum absolute atomic E-state index is 11.6. The fourth-order valence-corrected chi connectivity index (χ4v) is 3.35. The van der Waals surface area contributed by atoms with Crippen molar-refractivity contribution in [1.82, 2.24) is 5.32 Å². The largest absolute Gasteiger partial charge is 0.352 e. The Kier molecular flexibility index (Phi) is 12.1. The van der Waals surface area contributed by atoms with Crippen molar-refractivity contribution < 1.29 is 4.79 Å². The molecule has 3 unspecified atom stereocenters. The molecule has 1 rings (SSSR count). The summed E-state index contributed by atoms with van der Waals surface area (Å²) in [5.41, 5.74) is 0. The molecule has 1 aliphatic heterocycles. The van der Waals surface area contributed by atoms with Gasteiger partial charge in [0.2, 0.25) is 5.91 Å². The Bertz CT molecular complexity index is 232. The number of rotatable bonds is 6. The summed E-state index contributed by atoms with van der Waals surface area (Å²) in [4.78, 5) is 11.6. The van der Waals surface area contributed by atoms with Gasteiger partial charge in [-0.05, 0) is 30.3 Å². The molecule has 0 radical (unpaired) electrons. The third-order valence-corrected chi connectivity index (χ3v) is 5.19. The van der Waals surface area contributed by atoms with Gasteiger partial charge in [-0.25, -0.2) is 0 Å². The Morgan fingerprint density at radius 1 is 1.37 bits per heavy atom. The normalized spacial score (nSPS) is 23.4. The van der Waals surface area contributed by atoms with Crippen LogP contribution < -0.4 is 5.32 Å². The molecule has 1 fully saturated rings. The van der Waals surface area contributed by atoms with Gasteiger partial charge in [-0.3, -0.25) is 4.79 Å². The van der Waals surface area contributed by atoms with Crippen LogP contribution in [-0.4, -0.2) is 29.2 Å². The molecule has 0 aromatic carbocycles. The number of carbonyl (C=O) groups excluding carboxylic acids is 1. The van der Waals surface area contributed by atoms with Crippen LogP contribution in [0.25, 0.3) is 0 Å². The Balaban J connectivity index is 0.000000459. The number of carbonyl (C=O) groups is 1. The molecule has 0 spiro atoms. The molecule has 1 saturated heterocycles. The highest BCUT2D eigenvalue weighted by atomic mass is 32.2. The monoisotopic (exact) mass is 305 g/mol. The Hall–Kier alpha value is 0.170. The van der Waals surface area contributed by atoms with Crippen molar-refractivity contribution >= 4 is 30.3 Å². The second-order valence-electron chi connectivity index (χ2n) is 5.37. The van der Waals surface area contributed by atoms with E-state index in [4.69, 9.17) is 0 Å². The summed E-state index contributed by atoms with van der Waals surface area (Å²) in [6, 6.07) is 0.409. The number of thiol groups is 1. The molecule has 1 heterocycles. The lowest BCUT2D eigenvalue weighted by Gasteiger charge is -2.18. The highest BCUT2D eigenvalue weighted by Gasteiger charge is 2.26. The predicted octanol–water partition coefficient (Wildman–Crippen LogP) is 4.01. The van der Waals surface area contributed by atoms with E-state index in [-0.39, 0.29) is 11.8 Å². The van der Waals surface area contributed by atoms with Crippen molar-refractivity contribution in [2.24, 2.45) is 11.8 Å². The van der Waals surface area contributed by atoms with Crippen LogP contribution in [0.4, 0.5) is 0 Å². The van der Waals surface area contributed by atoms with Crippen molar-refractivity contribution in [1.29, 1.82) is 0 Å². The molecular formula is C15H31NOS2. The second-order valence-corrected chi connectivity index (χ2v) is 6.89. The zero-order chi connectivity index (χ0) is 14.7. The minimum Gasteiger partial charge on any atom is -0.352 e. The second kappa shape index (κ2) is 12.0. The minimum atomic E-state index is 0.165. The smallest absolute Gasteiger partial charge is 0.223 e. The van der Waals surface area contributed by atoms with E-state index in [1.807, 2.05) is 18.7 Å². The van der Waals surface area contributed by atoms with Gasteiger partial charge in [0.15, 0.2) is 0 Å². The first-order valence-corrected chi connectivity index (χ1v) is 9.34. The first kappa shape index (κ1) is 19.2. The van der Waals surface area contributed by atoms with Crippen LogP contribution >= 0.6 is 24.4 Å². The summed E-state index contributed by atoms with van der Waals surface area (Å²) >= 11 is 5.99. The molecule has 1 aliphatic rings. The number of amides is 1. The molecule has 3 atom stereocenters. The zero-order valence-corrected chi connectivity index (χ0v) is 14.7. The average Bonchev–Trinajstić information content (AvgIpc) is 2.81. The van der Waals surface area contributed by atoms with Crippen molar-refractivity contribution in [3.63, 3.8) is 0 Å². The third-order valence-electron chi connectivity index (χ3n) is 3.51. The van der Waals surface area contributed by atoms with E-state index >= 15 is 0 Å². The van der Waals surface area contributed by atoms with E-state index in [2.05, 4.69) is 38.7 Å². The van der Waals surface area contributed by atoms with Gasteiger partial charge in [0.05, 0.1) is 0 Å². The van der Waals surface area contributed by atoms with Crippen LogP contribution in [0.3, 0.4) is 0 Å².